The van der Waals surface area contributed by atoms with Gasteiger partial charge in [-0.05, 0) is 38.5 Å². The Bertz CT molecular complexity index is 339. The zero-order valence-corrected chi connectivity index (χ0v) is 14.9. The number of hydrogen-bond acceptors (Lipinski definition) is 2. The maximum Gasteiger partial charge on any atom is 0.225 e. The topological polar surface area (TPSA) is 40.6 Å². The summed E-state index contributed by atoms with van der Waals surface area (Å²) in [5.74, 6) is 0.862. The number of rotatable bonds is 8. The van der Waals surface area contributed by atoms with Gasteiger partial charge in [0, 0.05) is 38.0 Å². The van der Waals surface area contributed by atoms with Gasteiger partial charge in [0.15, 0.2) is 0 Å². The molecular formula is C18H34N2O2. The zero-order valence-electron chi connectivity index (χ0n) is 14.9. The van der Waals surface area contributed by atoms with Gasteiger partial charge < -0.3 is 9.80 Å². The number of hydrogen-bond donors (Lipinski definition) is 0. The van der Waals surface area contributed by atoms with E-state index in [1.54, 1.807) is 0 Å². The van der Waals surface area contributed by atoms with Crippen LogP contribution in [0.3, 0.4) is 0 Å². The normalized spacial score (nSPS) is 16.1. The lowest BCUT2D eigenvalue weighted by Gasteiger charge is -2.35. The number of amides is 2. The van der Waals surface area contributed by atoms with Crippen molar-refractivity contribution < 1.29 is 9.59 Å². The van der Waals surface area contributed by atoms with Crippen molar-refractivity contribution in [1.29, 1.82) is 0 Å². The standard InChI is InChI=1S/C18H34N2O2/c1-5-11-19(12-6-2)18(22)16-9-13-20(14-10-16)17(21)15(7-3)8-4/h15-16H,5-14H2,1-4H3. The van der Waals surface area contributed by atoms with Crippen LogP contribution >= 0.6 is 0 Å². The van der Waals surface area contributed by atoms with Gasteiger partial charge in [-0.25, -0.2) is 0 Å². The quantitative estimate of drug-likeness (QED) is 0.690. The molecule has 1 rings (SSSR count). The Balaban J connectivity index is 2.53. The molecule has 0 aromatic carbocycles. The van der Waals surface area contributed by atoms with E-state index >= 15 is 0 Å². The molecule has 0 unspecified atom stereocenters. The summed E-state index contributed by atoms with van der Waals surface area (Å²) >= 11 is 0. The average molecular weight is 310 g/mol. The van der Waals surface area contributed by atoms with Gasteiger partial charge in [0.1, 0.15) is 0 Å². The molecule has 0 aliphatic carbocycles. The summed E-state index contributed by atoms with van der Waals surface area (Å²) < 4.78 is 0. The van der Waals surface area contributed by atoms with Gasteiger partial charge in [-0.3, -0.25) is 9.59 Å². The Morgan fingerprint density at radius 1 is 1.00 bits per heavy atom. The number of piperidine rings is 1. The molecule has 2 amide bonds. The predicted octanol–water partition coefficient (Wildman–Crippen LogP) is 3.31. The summed E-state index contributed by atoms with van der Waals surface area (Å²) in [5.41, 5.74) is 0. The summed E-state index contributed by atoms with van der Waals surface area (Å²) in [6.45, 7) is 11.6. The summed E-state index contributed by atoms with van der Waals surface area (Å²) in [4.78, 5) is 29.0. The van der Waals surface area contributed by atoms with E-state index in [1.165, 1.54) is 0 Å². The van der Waals surface area contributed by atoms with E-state index in [2.05, 4.69) is 27.7 Å². The zero-order chi connectivity index (χ0) is 16.5. The molecule has 0 aromatic heterocycles. The summed E-state index contributed by atoms with van der Waals surface area (Å²) in [5, 5.41) is 0. The van der Waals surface area contributed by atoms with Crippen molar-refractivity contribution in [3.8, 4) is 0 Å². The third kappa shape index (κ3) is 4.99. The summed E-state index contributed by atoms with van der Waals surface area (Å²) in [6.07, 6.45) is 5.50. The Labute approximate surface area is 136 Å². The monoisotopic (exact) mass is 310 g/mol. The molecule has 1 saturated heterocycles. The molecule has 0 aromatic rings. The third-order valence-electron chi connectivity index (χ3n) is 4.79. The molecule has 4 nitrogen and oxygen atoms in total. The number of nitrogens with zero attached hydrogens (tertiary/aromatic N) is 2. The maximum absolute atomic E-state index is 12.6. The molecule has 0 spiro atoms. The van der Waals surface area contributed by atoms with Crippen LogP contribution in [0.5, 0.6) is 0 Å². The summed E-state index contributed by atoms with van der Waals surface area (Å²) in [7, 11) is 0. The minimum Gasteiger partial charge on any atom is -0.342 e. The van der Waals surface area contributed by atoms with Crippen LogP contribution in [0.2, 0.25) is 0 Å². The van der Waals surface area contributed by atoms with Crippen LogP contribution in [0.4, 0.5) is 0 Å². The van der Waals surface area contributed by atoms with Gasteiger partial charge in [-0.15, -0.1) is 0 Å². The van der Waals surface area contributed by atoms with Crippen LogP contribution in [0.25, 0.3) is 0 Å². The largest absolute Gasteiger partial charge is 0.342 e. The van der Waals surface area contributed by atoms with Crippen molar-refractivity contribution in [3.05, 3.63) is 0 Å². The van der Waals surface area contributed by atoms with Crippen molar-refractivity contribution in [2.24, 2.45) is 11.8 Å². The molecule has 1 aliphatic heterocycles. The molecule has 0 bridgehead atoms. The van der Waals surface area contributed by atoms with E-state index in [0.717, 1.165) is 64.7 Å². The van der Waals surface area contributed by atoms with Gasteiger partial charge >= 0.3 is 0 Å². The first-order valence-electron chi connectivity index (χ1n) is 9.16. The first-order chi connectivity index (χ1) is 10.6. The molecular weight excluding hydrogens is 276 g/mol. The van der Waals surface area contributed by atoms with Crippen LogP contribution in [-0.2, 0) is 9.59 Å². The fourth-order valence-electron chi connectivity index (χ4n) is 3.37. The lowest BCUT2D eigenvalue weighted by molar-refractivity contribution is -0.142. The Morgan fingerprint density at radius 2 is 1.50 bits per heavy atom. The SMILES string of the molecule is CCCN(CCC)C(=O)C1CCN(C(=O)C(CC)CC)CC1. The highest BCUT2D eigenvalue weighted by Crippen LogP contribution is 2.23. The van der Waals surface area contributed by atoms with Crippen molar-refractivity contribution in [2.75, 3.05) is 26.2 Å². The fourth-order valence-corrected chi connectivity index (χ4v) is 3.37. The number of likely N-dealkylation sites (tertiary alicyclic amines) is 1. The van der Waals surface area contributed by atoms with Crippen LogP contribution in [0, 0.1) is 11.8 Å². The highest BCUT2D eigenvalue weighted by Gasteiger charge is 2.31. The highest BCUT2D eigenvalue weighted by atomic mass is 16.2. The molecule has 22 heavy (non-hydrogen) atoms. The van der Waals surface area contributed by atoms with E-state index < -0.39 is 0 Å². The fraction of sp³-hybridized carbons (Fsp3) is 0.889. The Morgan fingerprint density at radius 3 is 1.91 bits per heavy atom. The van der Waals surface area contributed by atoms with Crippen LogP contribution in [0.1, 0.15) is 66.2 Å². The minimum absolute atomic E-state index is 0.115. The van der Waals surface area contributed by atoms with Crippen molar-refractivity contribution in [1.82, 2.24) is 9.80 Å². The van der Waals surface area contributed by atoms with Gasteiger partial charge in [0.2, 0.25) is 11.8 Å². The lowest BCUT2D eigenvalue weighted by Crippen LogP contribution is -2.46. The van der Waals surface area contributed by atoms with Crippen molar-refractivity contribution in [3.63, 3.8) is 0 Å². The maximum atomic E-state index is 12.6. The molecule has 4 heteroatoms. The van der Waals surface area contributed by atoms with Crippen LogP contribution < -0.4 is 0 Å². The second-order valence-corrected chi connectivity index (χ2v) is 6.44. The summed E-state index contributed by atoms with van der Waals surface area (Å²) in [6, 6.07) is 0. The minimum atomic E-state index is 0.115. The lowest BCUT2D eigenvalue weighted by atomic mass is 9.93. The first kappa shape index (κ1) is 19.0. The van der Waals surface area contributed by atoms with Crippen molar-refractivity contribution in [2.45, 2.75) is 66.2 Å². The first-order valence-corrected chi connectivity index (χ1v) is 9.16. The molecule has 0 radical (unpaired) electrons. The van der Waals surface area contributed by atoms with Gasteiger partial charge in [0.05, 0.1) is 0 Å². The van der Waals surface area contributed by atoms with Crippen molar-refractivity contribution >= 4 is 11.8 Å². The van der Waals surface area contributed by atoms with E-state index in [9.17, 15) is 9.59 Å². The second-order valence-electron chi connectivity index (χ2n) is 6.44. The number of carbonyl (C=O) groups is 2. The second kappa shape index (κ2) is 9.86. The smallest absolute Gasteiger partial charge is 0.225 e. The highest BCUT2D eigenvalue weighted by molar-refractivity contribution is 5.81. The molecule has 1 heterocycles. The van der Waals surface area contributed by atoms with Gasteiger partial charge in [-0.2, -0.15) is 0 Å². The van der Waals surface area contributed by atoms with Crippen LogP contribution in [-0.4, -0.2) is 47.8 Å². The van der Waals surface area contributed by atoms with Gasteiger partial charge in [0.25, 0.3) is 0 Å². The third-order valence-corrected chi connectivity index (χ3v) is 4.79. The molecule has 0 atom stereocenters. The predicted molar refractivity (Wildman–Crippen MR) is 90.5 cm³/mol. The molecule has 0 N–H and O–H groups in total. The average Bonchev–Trinajstić information content (AvgIpc) is 2.55. The molecule has 0 saturated carbocycles. The Hall–Kier alpha value is -1.06. The van der Waals surface area contributed by atoms with Gasteiger partial charge in [-0.1, -0.05) is 27.7 Å². The Kier molecular flexibility index (Phi) is 8.51. The van der Waals surface area contributed by atoms with E-state index in [1.807, 2.05) is 9.80 Å². The molecule has 1 fully saturated rings. The van der Waals surface area contributed by atoms with Crippen LogP contribution in [0.15, 0.2) is 0 Å². The van der Waals surface area contributed by atoms with E-state index in [0.29, 0.717) is 5.91 Å². The number of carbonyl (C=O) groups excluding carboxylic acids is 2. The molecule has 128 valence electrons. The van der Waals surface area contributed by atoms with E-state index in [-0.39, 0.29) is 17.7 Å². The van der Waals surface area contributed by atoms with E-state index in [4.69, 9.17) is 0 Å². The molecule has 1 aliphatic rings.